The molecule has 2 aromatic rings. The molecule has 6 heteroatoms. The quantitative estimate of drug-likeness (QED) is 0.682. The summed E-state index contributed by atoms with van der Waals surface area (Å²) >= 11 is 0. The van der Waals surface area contributed by atoms with E-state index < -0.39 is 4.92 Å². The molecule has 0 unspecified atom stereocenters. The number of benzene rings is 1. The van der Waals surface area contributed by atoms with Crippen molar-refractivity contribution in [1.82, 2.24) is 4.98 Å². The van der Waals surface area contributed by atoms with E-state index in [0.29, 0.717) is 0 Å². The Kier molecular flexibility index (Phi) is 3.95. The number of aryl methyl sites for hydroxylation is 1. The maximum Gasteiger partial charge on any atom is 0.311 e. The fourth-order valence-corrected chi connectivity index (χ4v) is 1.73. The molecule has 2 rings (SSSR count). The minimum Gasteiger partial charge on any atom is -0.432 e. The highest BCUT2D eigenvalue weighted by molar-refractivity contribution is 5.49. The van der Waals surface area contributed by atoms with Gasteiger partial charge in [0.05, 0.1) is 4.92 Å². The van der Waals surface area contributed by atoms with Gasteiger partial charge in [0.15, 0.2) is 0 Å². The second-order valence-electron chi connectivity index (χ2n) is 4.55. The third-order valence-corrected chi connectivity index (χ3v) is 2.81. The van der Waals surface area contributed by atoms with Crippen molar-refractivity contribution in [2.45, 2.75) is 19.9 Å². The fraction of sp³-hybridized carbons (Fsp3) is 0.214. The van der Waals surface area contributed by atoms with E-state index in [4.69, 9.17) is 10.5 Å². The highest BCUT2D eigenvalue weighted by atomic mass is 16.6. The van der Waals surface area contributed by atoms with Crippen LogP contribution in [0.4, 0.5) is 5.69 Å². The first kappa shape index (κ1) is 14.0. The average molecular weight is 273 g/mol. The van der Waals surface area contributed by atoms with Crippen molar-refractivity contribution in [3.05, 3.63) is 57.8 Å². The van der Waals surface area contributed by atoms with E-state index in [2.05, 4.69) is 4.98 Å². The first-order valence-electron chi connectivity index (χ1n) is 6.12. The summed E-state index contributed by atoms with van der Waals surface area (Å²) in [4.78, 5) is 14.6. The number of hydrogen-bond acceptors (Lipinski definition) is 5. The number of nitro groups is 1. The predicted octanol–water partition coefficient (Wildman–Crippen LogP) is 3.11. The molecule has 1 aromatic heterocycles. The van der Waals surface area contributed by atoms with Crippen molar-refractivity contribution in [3.63, 3.8) is 0 Å². The van der Waals surface area contributed by atoms with Crippen molar-refractivity contribution in [1.29, 1.82) is 0 Å². The van der Waals surface area contributed by atoms with Crippen LogP contribution in [0.2, 0.25) is 0 Å². The maximum absolute atomic E-state index is 11.0. The smallest absolute Gasteiger partial charge is 0.311 e. The minimum atomic E-state index is -0.474. The lowest BCUT2D eigenvalue weighted by molar-refractivity contribution is -0.385. The summed E-state index contributed by atoms with van der Waals surface area (Å²) < 4.78 is 5.51. The van der Waals surface area contributed by atoms with Crippen molar-refractivity contribution >= 4 is 5.69 Å². The average Bonchev–Trinajstić information content (AvgIpc) is 2.41. The topological polar surface area (TPSA) is 91.3 Å². The van der Waals surface area contributed by atoms with Crippen molar-refractivity contribution in [3.8, 4) is 11.6 Å². The molecule has 6 nitrogen and oxygen atoms in total. The van der Waals surface area contributed by atoms with Gasteiger partial charge in [-0.1, -0.05) is 6.07 Å². The number of hydrogen-bond donors (Lipinski definition) is 1. The van der Waals surface area contributed by atoms with Gasteiger partial charge >= 0.3 is 5.69 Å². The molecule has 1 atom stereocenters. The van der Waals surface area contributed by atoms with Gasteiger partial charge in [-0.05, 0) is 37.1 Å². The number of aromatic nitrogens is 1. The highest BCUT2D eigenvalue weighted by Gasteiger charge is 2.16. The lowest BCUT2D eigenvalue weighted by atomic mass is 10.1. The zero-order valence-electron chi connectivity index (χ0n) is 11.2. The molecular formula is C14H15N3O3. The van der Waals surface area contributed by atoms with Crippen LogP contribution in [0, 0.1) is 17.0 Å². The third-order valence-electron chi connectivity index (χ3n) is 2.81. The molecule has 0 radical (unpaired) electrons. The summed E-state index contributed by atoms with van der Waals surface area (Å²) in [5, 5.41) is 11.0. The molecule has 0 bridgehead atoms. The fourth-order valence-electron chi connectivity index (χ4n) is 1.73. The molecule has 0 fully saturated rings. The first-order valence-corrected chi connectivity index (χ1v) is 6.12. The van der Waals surface area contributed by atoms with Gasteiger partial charge < -0.3 is 10.5 Å². The summed E-state index contributed by atoms with van der Waals surface area (Å²) in [6, 6.07) is 8.07. The van der Waals surface area contributed by atoms with Crippen LogP contribution in [0.5, 0.6) is 11.6 Å². The number of nitrogens with two attached hydrogens (primary N) is 1. The number of ether oxygens (including phenoxy) is 1. The van der Waals surface area contributed by atoms with Crippen molar-refractivity contribution < 1.29 is 9.66 Å². The summed E-state index contributed by atoms with van der Waals surface area (Å²) in [7, 11) is 0. The van der Waals surface area contributed by atoms with Crippen LogP contribution < -0.4 is 10.5 Å². The Morgan fingerprint density at radius 1 is 1.35 bits per heavy atom. The van der Waals surface area contributed by atoms with Crippen LogP contribution in [0.3, 0.4) is 0 Å². The van der Waals surface area contributed by atoms with Gasteiger partial charge in [0.2, 0.25) is 11.6 Å². The molecule has 0 aliphatic carbocycles. The Morgan fingerprint density at radius 2 is 2.10 bits per heavy atom. The summed E-state index contributed by atoms with van der Waals surface area (Å²) in [5.41, 5.74) is 7.34. The predicted molar refractivity (Wildman–Crippen MR) is 74.7 cm³/mol. The van der Waals surface area contributed by atoms with Gasteiger partial charge in [0.25, 0.3) is 0 Å². The number of rotatable bonds is 4. The molecule has 1 aromatic carbocycles. The molecule has 0 amide bonds. The second kappa shape index (κ2) is 5.66. The van der Waals surface area contributed by atoms with Crippen molar-refractivity contribution in [2.75, 3.05) is 0 Å². The zero-order chi connectivity index (χ0) is 14.7. The SMILES string of the molecule is Cc1ccc(Oc2cc([C@H](C)N)ccn2)c([N+](=O)[O-])c1. The normalized spacial score (nSPS) is 11.9. The van der Waals surface area contributed by atoms with Crippen molar-refractivity contribution in [2.24, 2.45) is 5.73 Å². The van der Waals surface area contributed by atoms with Crippen LogP contribution in [-0.2, 0) is 0 Å². The minimum absolute atomic E-state index is 0.0852. The molecule has 1 heterocycles. The monoisotopic (exact) mass is 273 g/mol. The third kappa shape index (κ3) is 3.10. The number of pyridine rings is 1. The lowest BCUT2D eigenvalue weighted by Gasteiger charge is -2.09. The highest BCUT2D eigenvalue weighted by Crippen LogP contribution is 2.31. The van der Waals surface area contributed by atoms with E-state index in [1.807, 2.05) is 6.92 Å². The molecule has 2 N–H and O–H groups in total. The summed E-state index contributed by atoms with van der Waals surface area (Å²) in [6.45, 7) is 3.62. The van der Waals surface area contributed by atoms with Crippen LogP contribution in [0.25, 0.3) is 0 Å². The molecule has 0 spiro atoms. The van der Waals surface area contributed by atoms with Gasteiger partial charge in [-0.2, -0.15) is 0 Å². The second-order valence-corrected chi connectivity index (χ2v) is 4.55. The van der Waals surface area contributed by atoms with Crippen LogP contribution in [-0.4, -0.2) is 9.91 Å². The van der Waals surface area contributed by atoms with Gasteiger partial charge in [-0.15, -0.1) is 0 Å². The number of nitrogens with zero attached hydrogens (tertiary/aromatic N) is 2. The van der Waals surface area contributed by atoms with E-state index >= 15 is 0 Å². The van der Waals surface area contributed by atoms with E-state index in [-0.39, 0.29) is 23.4 Å². The van der Waals surface area contributed by atoms with E-state index in [0.717, 1.165) is 11.1 Å². The van der Waals surface area contributed by atoms with Crippen LogP contribution >= 0.6 is 0 Å². The van der Waals surface area contributed by atoms with Crippen LogP contribution in [0.1, 0.15) is 24.1 Å². The summed E-state index contributed by atoms with van der Waals surface area (Å²) in [6.07, 6.45) is 1.56. The molecule has 0 aliphatic rings. The van der Waals surface area contributed by atoms with Gasteiger partial charge in [0, 0.05) is 24.4 Å². The summed E-state index contributed by atoms with van der Waals surface area (Å²) in [5.74, 6) is 0.446. The standard InChI is InChI=1S/C14H15N3O3/c1-9-3-4-13(12(7-9)17(18)19)20-14-8-11(10(2)15)5-6-16-14/h3-8,10H,15H2,1-2H3/t10-/m0/s1. The molecular weight excluding hydrogens is 258 g/mol. The molecule has 0 saturated heterocycles. The molecule has 0 aliphatic heterocycles. The van der Waals surface area contributed by atoms with E-state index in [1.54, 1.807) is 37.4 Å². The van der Waals surface area contributed by atoms with Gasteiger partial charge in [0.1, 0.15) is 0 Å². The molecule has 20 heavy (non-hydrogen) atoms. The van der Waals surface area contributed by atoms with Gasteiger partial charge in [-0.3, -0.25) is 10.1 Å². The van der Waals surface area contributed by atoms with Crippen LogP contribution in [0.15, 0.2) is 36.5 Å². The Balaban J connectivity index is 2.35. The lowest BCUT2D eigenvalue weighted by Crippen LogP contribution is -2.05. The zero-order valence-corrected chi connectivity index (χ0v) is 11.2. The Bertz CT molecular complexity index is 641. The van der Waals surface area contributed by atoms with E-state index in [9.17, 15) is 10.1 Å². The molecule has 104 valence electrons. The maximum atomic E-state index is 11.0. The number of nitro benzene ring substituents is 1. The van der Waals surface area contributed by atoms with E-state index in [1.165, 1.54) is 6.07 Å². The van der Waals surface area contributed by atoms with Gasteiger partial charge in [-0.25, -0.2) is 4.98 Å². The Morgan fingerprint density at radius 3 is 2.75 bits per heavy atom. The first-order chi connectivity index (χ1) is 9.47. The molecule has 0 saturated carbocycles. The Labute approximate surface area is 116 Å². The Hall–Kier alpha value is -2.47. The largest absolute Gasteiger partial charge is 0.432 e.